The number of rotatable bonds is 59. The van der Waals surface area contributed by atoms with Crippen LogP contribution in [0.4, 0.5) is 0 Å². The van der Waals surface area contributed by atoms with Gasteiger partial charge in [0.15, 0.2) is 6.10 Å². The van der Waals surface area contributed by atoms with Gasteiger partial charge in [-0.1, -0.05) is 281 Å². The molecule has 83 heavy (non-hydrogen) atoms. The van der Waals surface area contributed by atoms with Crippen LogP contribution in [-0.4, -0.2) is 37.2 Å². The third kappa shape index (κ3) is 67.4. The van der Waals surface area contributed by atoms with E-state index in [4.69, 9.17) is 14.2 Å². The normalized spacial score (nSPS) is 13.2. The van der Waals surface area contributed by atoms with E-state index in [0.29, 0.717) is 19.3 Å². The van der Waals surface area contributed by atoms with Crippen molar-refractivity contribution in [2.75, 3.05) is 13.2 Å². The van der Waals surface area contributed by atoms with Crippen LogP contribution in [-0.2, 0) is 28.6 Å². The highest BCUT2D eigenvalue weighted by Gasteiger charge is 2.19. The number of hydrogen-bond acceptors (Lipinski definition) is 6. The number of ether oxygens (including phenoxy) is 3. The van der Waals surface area contributed by atoms with Gasteiger partial charge in [0.25, 0.3) is 0 Å². The third-order valence-corrected chi connectivity index (χ3v) is 13.7. The first-order chi connectivity index (χ1) is 41.0. The van der Waals surface area contributed by atoms with Gasteiger partial charge in [0.1, 0.15) is 13.2 Å². The lowest BCUT2D eigenvalue weighted by atomic mass is 10.1. The standard InChI is InChI=1S/C77H122O6/c1-4-7-10-13-16-19-22-25-28-31-34-36-38-40-43-46-49-52-55-58-61-64-67-70-76(79)82-73-74(72-81-75(78)69-66-63-60-57-54-51-48-45-42-33-30-27-24-21-18-15-12-9-6-3)83-77(80)71-68-65-62-59-56-53-50-47-44-41-39-37-35-32-29-26-23-20-17-14-11-8-5-2/h7-8,10-11,16-21,25-30,34-37,40-41,43-44,49,52,58,61,74H,4-6,9,12-15,22-24,31-33,38-39,42,45-48,50-51,53-57,59-60,62-73H2,1-3H3/b10-7-,11-8-,19-16-,20-17-,21-18-,28-25-,29-26-,30-27-,36-34-,37-35-,43-40-,44-41-,52-49-,61-58-. The van der Waals surface area contributed by atoms with Gasteiger partial charge in [0, 0.05) is 19.3 Å². The van der Waals surface area contributed by atoms with E-state index in [-0.39, 0.29) is 37.5 Å². The van der Waals surface area contributed by atoms with Crippen LogP contribution in [0.2, 0.25) is 0 Å². The van der Waals surface area contributed by atoms with Crippen molar-refractivity contribution in [2.24, 2.45) is 0 Å². The fraction of sp³-hybridized carbons (Fsp3) is 0.597. The molecule has 0 amide bonds. The second-order valence-corrected chi connectivity index (χ2v) is 21.6. The first kappa shape index (κ1) is 77.8. The van der Waals surface area contributed by atoms with Gasteiger partial charge in [0.05, 0.1) is 0 Å². The Morgan fingerprint density at radius 3 is 0.783 bits per heavy atom. The zero-order valence-electron chi connectivity index (χ0n) is 53.4. The van der Waals surface area contributed by atoms with Crippen molar-refractivity contribution in [2.45, 2.75) is 284 Å². The summed E-state index contributed by atoms with van der Waals surface area (Å²) in [6.45, 7) is 6.33. The first-order valence-electron chi connectivity index (χ1n) is 33.6. The van der Waals surface area contributed by atoms with E-state index in [0.717, 1.165) is 141 Å². The van der Waals surface area contributed by atoms with Crippen LogP contribution >= 0.6 is 0 Å². The molecule has 1 atom stereocenters. The highest BCUT2D eigenvalue weighted by atomic mass is 16.6. The molecule has 0 aliphatic carbocycles. The average Bonchev–Trinajstić information content (AvgIpc) is 3.49. The summed E-state index contributed by atoms with van der Waals surface area (Å²) >= 11 is 0. The number of allylic oxidation sites excluding steroid dienone is 28. The maximum atomic E-state index is 13.0. The molecule has 0 bridgehead atoms. The summed E-state index contributed by atoms with van der Waals surface area (Å²) in [5.74, 6) is -0.989. The Morgan fingerprint density at radius 1 is 0.253 bits per heavy atom. The lowest BCUT2D eigenvalue weighted by Crippen LogP contribution is -2.30. The zero-order chi connectivity index (χ0) is 59.9. The first-order valence-corrected chi connectivity index (χ1v) is 33.6. The zero-order valence-corrected chi connectivity index (χ0v) is 53.4. The molecule has 0 heterocycles. The molecule has 0 radical (unpaired) electrons. The van der Waals surface area contributed by atoms with Crippen molar-refractivity contribution in [3.63, 3.8) is 0 Å². The van der Waals surface area contributed by atoms with Gasteiger partial charge >= 0.3 is 17.9 Å². The summed E-state index contributed by atoms with van der Waals surface area (Å²) < 4.78 is 16.9. The predicted octanol–water partition coefficient (Wildman–Crippen LogP) is 23.4. The van der Waals surface area contributed by atoms with E-state index in [2.05, 4.69) is 191 Å². The summed E-state index contributed by atoms with van der Waals surface area (Å²) in [5.41, 5.74) is 0. The molecule has 0 rings (SSSR count). The molecule has 0 saturated carbocycles. The minimum atomic E-state index is -0.821. The van der Waals surface area contributed by atoms with Crippen molar-refractivity contribution in [1.29, 1.82) is 0 Å². The number of esters is 3. The molecular weight excluding hydrogens is 1020 g/mol. The molecule has 0 aromatic rings. The molecule has 0 spiro atoms. The lowest BCUT2D eigenvalue weighted by molar-refractivity contribution is -0.167. The smallest absolute Gasteiger partial charge is 0.306 e. The molecule has 0 saturated heterocycles. The minimum Gasteiger partial charge on any atom is -0.462 e. The van der Waals surface area contributed by atoms with E-state index in [9.17, 15) is 14.4 Å². The van der Waals surface area contributed by atoms with E-state index >= 15 is 0 Å². The maximum Gasteiger partial charge on any atom is 0.306 e. The number of carbonyl (C=O) groups excluding carboxylic acids is 3. The van der Waals surface area contributed by atoms with Gasteiger partial charge in [-0.05, 0) is 148 Å². The Kier molecular flexibility index (Phi) is 64.9. The van der Waals surface area contributed by atoms with Crippen LogP contribution < -0.4 is 0 Å². The van der Waals surface area contributed by atoms with Crippen LogP contribution in [0.25, 0.3) is 0 Å². The molecular formula is C77H122O6. The van der Waals surface area contributed by atoms with E-state index in [1.165, 1.54) is 89.9 Å². The lowest BCUT2D eigenvalue weighted by Gasteiger charge is -2.18. The van der Waals surface area contributed by atoms with Crippen LogP contribution in [0.3, 0.4) is 0 Å². The summed E-state index contributed by atoms with van der Waals surface area (Å²) in [6.07, 6.45) is 102. The second kappa shape index (κ2) is 69.3. The highest BCUT2D eigenvalue weighted by molar-refractivity contribution is 5.71. The van der Waals surface area contributed by atoms with Crippen LogP contribution in [0.15, 0.2) is 170 Å². The van der Waals surface area contributed by atoms with Crippen molar-refractivity contribution < 1.29 is 28.6 Å². The fourth-order valence-electron chi connectivity index (χ4n) is 8.72. The molecule has 0 N–H and O–H groups in total. The van der Waals surface area contributed by atoms with E-state index < -0.39 is 6.10 Å². The Hall–Kier alpha value is -5.23. The molecule has 0 aromatic heterocycles. The van der Waals surface area contributed by atoms with Gasteiger partial charge in [0.2, 0.25) is 0 Å². The number of carbonyl (C=O) groups is 3. The van der Waals surface area contributed by atoms with Crippen molar-refractivity contribution in [1.82, 2.24) is 0 Å². The van der Waals surface area contributed by atoms with Gasteiger partial charge in [-0.25, -0.2) is 0 Å². The molecule has 466 valence electrons. The van der Waals surface area contributed by atoms with Crippen molar-refractivity contribution in [3.05, 3.63) is 170 Å². The molecule has 0 aliphatic heterocycles. The molecule has 0 aliphatic rings. The van der Waals surface area contributed by atoms with Crippen LogP contribution in [0, 0.1) is 0 Å². The molecule has 6 nitrogen and oxygen atoms in total. The van der Waals surface area contributed by atoms with Gasteiger partial charge in [-0.3, -0.25) is 14.4 Å². The summed E-state index contributed by atoms with van der Waals surface area (Å²) in [7, 11) is 0. The van der Waals surface area contributed by atoms with Crippen LogP contribution in [0.5, 0.6) is 0 Å². The topological polar surface area (TPSA) is 78.9 Å². The Labute approximate surface area is 511 Å². The molecule has 0 fully saturated rings. The predicted molar refractivity (Wildman–Crippen MR) is 361 cm³/mol. The monoisotopic (exact) mass is 1140 g/mol. The summed E-state index contributed by atoms with van der Waals surface area (Å²) in [4.78, 5) is 38.4. The second-order valence-electron chi connectivity index (χ2n) is 21.6. The van der Waals surface area contributed by atoms with Gasteiger partial charge in [-0.15, -0.1) is 0 Å². The van der Waals surface area contributed by atoms with Gasteiger partial charge in [-0.2, -0.15) is 0 Å². The largest absolute Gasteiger partial charge is 0.462 e. The summed E-state index contributed by atoms with van der Waals surface area (Å²) in [6, 6.07) is 0. The molecule has 0 aromatic carbocycles. The van der Waals surface area contributed by atoms with Crippen LogP contribution in [0.1, 0.15) is 278 Å². The van der Waals surface area contributed by atoms with Crippen molar-refractivity contribution >= 4 is 17.9 Å². The van der Waals surface area contributed by atoms with Gasteiger partial charge < -0.3 is 14.2 Å². The fourth-order valence-corrected chi connectivity index (χ4v) is 8.72. The third-order valence-electron chi connectivity index (χ3n) is 13.7. The number of hydrogen-bond donors (Lipinski definition) is 0. The minimum absolute atomic E-state index is 0.110. The maximum absolute atomic E-state index is 13.0. The molecule has 6 heteroatoms. The van der Waals surface area contributed by atoms with E-state index in [1.54, 1.807) is 0 Å². The SMILES string of the molecule is CC/C=C\C/C=C\C/C=C\C/C=C\C/C=C\C/C=C\C/C=C\CCCC(=O)OCC(COC(=O)CCCCCCCCCCC/C=C\C/C=C\CCCCC)OC(=O)CCCCCCCCC/C=C\C/C=C\C/C=C\C/C=C\C/C=C\CC. The quantitative estimate of drug-likeness (QED) is 0.0261. The van der Waals surface area contributed by atoms with Crippen molar-refractivity contribution in [3.8, 4) is 0 Å². The Bertz CT molecular complexity index is 1890. The van der Waals surface area contributed by atoms with E-state index in [1.807, 2.05) is 0 Å². The average molecular weight is 1140 g/mol. The Morgan fingerprint density at radius 2 is 0.482 bits per heavy atom. The number of unbranched alkanes of at least 4 members (excludes halogenated alkanes) is 20. The highest BCUT2D eigenvalue weighted by Crippen LogP contribution is 2.15. The Balaban J connectivity index is 4.55. The molecule has 1 unspecified atom stereocenters. The summed E-state index contributed by atoms with van der Waals surface area (Å²) in [5, 5.41) is 0.